The van der Waals surface area contributed by atoms with E-state index in [0.29, 0.717) is 0 Å². The van der Waals surface area contributed by atoms with Gasteiger partial charge in [0.25, 0.3) is 5.56 Å². The molecular weight excluding hydrogens is 472 g/mol. The minimum Gasteiger partial charge on any atom is -0.468 e. The van der Waals surface area contributed by atoms with Crippen LogP contribution in [0.1, 0.15) is 33.4 Å². The minimum absolute atomic E-state index is 0.206. The smallest absolute Gasteiger partial charge is 0.459 e. The van der Waals surface area contributed by atoms with Crippen molar-refractivity contribution in [3.05, 3.63) is 63.4 Å². The first-order valence-corrected chi connectivity index (χ1v) is 12.0. The lowest BCUT2D eigenvalue weighted by Crippen LogP contribution is -2.38. The van der Waals surface area contributed by atoms with Gasteiger partial charge in [-0.2, -0.15) is 5.09 Å². The van der Waals surface area contributed by atoms with E-state index in [9.17, 15) is 18.9 Å². The molecule has 4 unspecified atom stereocenters. The lowest BCUT2D eigenvalue weighted by molar-refractivity contribution is -0.142. The molecule has 1 saturated heterocycles. The van der Waals surface area contributed by atoms with Crippen LogP contribution in [0.2, 0.25) is 0 Å². The van der Waals surface area contributed by atoms with Crippen LogP contribution in [0.15, 0.2) is 52.2 Å². The van der Waals surface area contributed by atoms with Gasteiger partial charge in [0, 0.05) is 18.7 Å². The van der Waals surface area contributed by atoms with Crippen molar-refractivity contribution in [1.29, 1.82) is 0 Å². The number of hydrogen-bond acceptors (Lipinski definition) is 8. The molecule has 0 radical (unpaired) electrons. The summed E-state index contributed by atoms with van der Waals surface area (Å²) in [5, 5.41) is 2.52. The Morgan fingerprint density at radius 3 is 2.59 bits per heavy atom. The van der Waals surface area contributed by atoms with Gasteiger partial charge in [0.2, 0.25) is 0 Å². The molecule has 11 nitrogen and oxygen atoms in total. The summed E-state index contributed by atoms with van der Waals surface area (Å²) in [6.07, 6.45) is -2.36. The summed E-state index contributed by atoms with van der Waals surface area (Å²) < 4.78 is 51.6. The number of alkyl halides is 1. The van der Waals surface area contributed by atoms with Crippen molar-refractivity contribution in [1.82, 2.24) is 14.6 Å². The van der Waals surface area contributed by atoms with Crippen molar-refractivity contribution in [3.8, 4) is 5.75 Å². The number of para-hydroxylation sites is 1. The largest absolute Gasteiger partial charge is 0.468 e. The Balaban J connectivity index is 1.82. The summed E-state index contributed by atoms with van der Waals surface area (Å²) in [6.45, 7) is 4.17. The van der Waals surface area contributed by atoms with Gasteiger partial charge in [0.1, 0.15) is 11.8 Å². The summed E-state index contributed by atoms with van der Waals surface area (Å²) in [5.41, 5.74) is -3.47. The summed E-state index contributed by atoms with van der Waals surface area (Å²) in [4.78, 5) is 37.4. The van der Waals surface area contributed by atoms with Crippen molar-refractivity contribution < 1.29 is 32.3 Å². The number of benzene rings is 1. The number of halogens is 1. The second-order valence-corrected chi connectivity index (χ2v) is 9.76. The molecule has 2 heterocycles. The number of nitrogens with one attached hydrogen (secondary N) is 2. The first kappa shape index (κ1) is 25.8. The van der Waals surface area contributed by atoms with Crippen LogP contribution in [-0.4, -0.2) is 46.5 Å². The molecule has 13 heteroatoms. The zero-order chi connectivity index (χ0) is 25.1. The van der Waals surface area contributed by atoms with Crippen molar-refractivity contribution >= 4 is 13.7 Å². The van der Waals surface area contributed by atoms with Crippen molar-refractivity contribution in [3.63, 3.8) is 0 Å². The predicted octanol–water partition coefficient (Wildman–Crippen LogP) is 2.30. The highest BCUT2D eigenvalue weighted by molar-refractivity contribution is 7.52. The predicted molar refractivity (Wildman–Crippen MR) is 119 cm³/mol. The van der Waals surface area contributed by atoms with Crippen LogP contribution in [-0.2, 0) is 23.4 Å². The molecule has 186 valence electrons. The SMILES string of the molecule is COC(=O)C(C)NP(=O)(Oc1ccccc1)OC(C)[C@@H]1CC(C)(F)[C@H](n2ccc(=O)[nH]c2=O)O1. The van der Waals surface area contributed by atoms with Crippen LogP contribution in [0.25, 0.3) is 0 Å². The lowest BCUT2D eigenvalue weighted by Gasteiger charge is -2.27. The number of methoxy groups -OCH3 is 1. The average molecular weight is 499 g/mol. The maximum absolute atomic E-state index is 15.4. The van der Waals surface area contributed by atoms with E-state index in [1.54, 1.807) is 30.3 Å². The van der Waals surface area contributed by atoms with Gasteiger partial charge in [0.15, 0.2) is 11.9 Å². The van der Waals surface area contributed by atoms with Crippen LogP contribution in [0.3, 0.4) is 0 Å². The standard InChI is InChI=1S/C21H27FN3O8P/c1-13(18(27)30-4)24-34(29,33-15-8-6-5-7-9-15)32-14(2)16-12-21(3,22)19(31-16)25-11-10-17(26)23-20(25)28/h5-11,13-14,16,19H,12H2,1-4H3,(H,24,29)(H,23,26,28)/t13?,14?,16-,19+,21?,34?/m0/s1. The molecule has 0 amide bonds. The van der Waals surface area contributed by atoms with Gasteiger partial charge in [0.05, 0.1) is 19.3 Å². The van der Waals surface area contributed by atoms with Gasteiger partial charge < -0.3 is 14.0 Å². The van der Waals surface area contributed by atoms with Gasteiger partial charge in [-0.25, -0.2) is 13.8 Å². The zero-order valence-electron chi connectivity index (χ0n) is 19.1. The molecule has 1 aromatic carbocycles. The molecule has 1 aliphatic heterocycles. The number of ether oxygens (including phenoxy) is 2. The van der Waals surface area contributed by atoms with Crippen LogP contribution >= 0.6 is 7.75 Å². The quantitative estimate of drug-likeness (QED) is 0.393. The monoisotopic (exact) mass is 499 g/mol. The number of H-pyrrole nitrogens is 1. The Morgan fingerprint density at radius 2 is 1.97 bits per heavy atom. The van der Waals surface area contributed by atoms with E-state index < -0.39 is 55.1 Å². The second-order valence-electron chi connectivity index (χ2n) is 8.11. The van der Waals surface area contributed by atoms with E-state index in [4.69, 9.17) is 13.8 Å². The van der Waals surface area contributed by atoms with Gasteiger partial charge in [-0.15, -0.1) is 0 Å². The lowest BCUT2D eigenvalue weighted by atomic mass is 10.00. The maximum Gasteiger partial charge on any atom is 0.459 e. The van der Waals surface area contributed by atoms with E-state index in [-0.39, 0.29) is 12.2 Å². The fourth-order valence-corrected chi connectivity index (χ4v) is 5.25. The molecule has 1 aromatic heterocycles. The van der Waals surface area contributed by atoms with E-state index in [1.165, 1.54) is 27.9 Å². The Hall–Kier alpha value is -2.79. The Bertz CT molecular complexity index is 1170. The van der Waals surface area contributed by atoms with E-state index in [1.807, 2.05) is 0 Å². The fraction of sp³-hybridized carbons (Fsp3) is 0.476. The summed E-state index contributed by atoms with van der Waals surface area (Å²) >= 11 is 0. The van der Waals surface area contributed by atoms with Gasteiger partial charge in [-0.3, -0.25) is 23.7 Å². The highest BCUT2D eigenvalue weighted by Crippen LogP contribution is 2.49. The van der Waals surface area contributed by atoms with Gasteiger partial charge in [-0.05, 0) is 32.9 Å². The molecule has 2 aromatic rings. The van der Waals surface area contributed by atoms with E-state index in [0.717, 1.165) is 16.8 Å². The average Bonchev–Trinajstić information content (AvgIpc) is 3.08. The number of carbonyl (C=O) groups is 1. The number of hydrogen-bond donors (Lipinski definition) is 2. The zero-order valence-corrected chi connectivity index (χ0v) is 20.0. The van der Waals surface area contributed by atoms with Crippen LogP contribution in [0.4, 0.5) is 4.39 Å². The molecule has 0 saturated carbocycles. The van der Waals surface area contributed by atoms with Crippen molar-refractivity contribution in [2.45, 2.75) is 57.3 Å². The third-order valence-corrected chi connectivity index (χ3v) is 6.99. The number of rotatable bonds is 9. The van der Waals surface area contributed by atoms with Crippen LogP contribution in [0, 0.1) is 0 Å². The Labute approximate surface area is 194 Å². The fourth-order valence-electron chi connectivity index (χ4n) is 3.55. The second kappa shape index (κ2) is 10.2. The van der Waals surface area contributed by atoms with Crippen LogP contribution < -0.4 is 20.9 Å². The molecule has 6 atom stereocenters. The molecule has 34 heavy (non-hydrogen) atoms. The van der Waals surface area contributed by atoms with Crippen molar-refractivity contribution in [2.24, 2.45) is 0 Å². The molecule has 0 bridgehead atoms. The normalized spacial score (nSPS) is 25.8. The third kappa shape index (κ3) is 6.01. The van der Waals surface area contributed by atoms with Crippen molar-refractivity contribution in [2.75, 3.05) is 7.11 Å². The minimum atomic E-state index is -4.19. The number of carbonyl (C=O) groups excluding carboxylic acids is 1. The number of esters is 1. The summed E-state index contributed by atoms with van der Waals surface area (Å²) in [7, 11) is -3.01. The highest BCUT2D eigenvalue weighted by Gasteiger charge is 2.50. The summed E-state index contributed by atoms with van der Waals surface area (Å²) in [5.74, 6) is -0.484. The van der Waals surface area contributed by atoms with Gasteiger partial charge >= 0.3 is 19.4 Å². The third-order valence-electron chi connectivity index (χ3n) is 5.23. The maximum atomic E-state index is 15.4. The molecule has 1 fully saturated rings. The molecule has 2 N–H and O–H groups in total. The number of aromatic nitrogens is 2. The topological polar surface area (TPSA) is 138 Å². The number of nitrogens with zero attached hydrogens (tertiary/aromatic N) is 1. The molecule has 0 aliphatic carbocycles. The van der Waals surface area contributed by atoms with Crippen LogP contribution in [0.5, 0.6) is 5.75 Å². The van der Waals surface area contributed by atoms with Gasteiger partial charge in [-0.1, -0.05) is 18.2 Å². The molecule has 3 rings (SSSR count). The first-order valence-electron chi connectivity index (χ1n) is 10.5. The highest BCUT2D eigenvalue weighted by atomic mass is 31.2. The van der Waals surface area contributed by atoms with E-state index in [2.05, 4.69) is 14.8 Å². The molecule has 0 spiro atoms. The number of aromatic amines is 1. The van der Waals surface area contributed by atoms with E-state index >= 15 is 4.39 Å². The molecule has 1 aliphatic rings. The molecular formula is C21H27FN3O8P. The Kier molecular flexibility index (Phi) is 7.77. The Morgan fingerprint density at radius 1 is 1.29 bits per heavy atom. The summed E-state index contributed by atoms with van der Waals surface area (Å²) in [6, 6.07) is 8.19. The first-order chi connectivity index (χ1) is 15.9.